The molecule has 0 bridgehead atoms. The van der Waals surface area contributed by atoms with Crippen molar-refractivity contribution in [2.75, 3.05) is 0 Å². The van der Waals surface area contributed by atoms with Gasteiger partial charge in [0, 0.05) is 0 Å². The lowest BCUT2D eigenvalue weighted by atomic mass is 9.78. The number of benzene rings is 1. The van der Waals surface area contributed by atoms with Crippen LogP contribution in [-0.4, -0.2) is 0 Å². The summed E-state index contributed by atoms with van der Waals surface area (Å²) in [5.74, 6) is 2.46. The normalized spacial score (nSPS) is 17.9. The molecule has 1 aliphatic rings. The Balaban J connectivity index is 2.26. The van der Waals surface area contributed by atoms with E-state index in [-0.39, 0.29) is 0 Å². The summed E-state index contributed by atoms with van der Waals surface area (Å²) in [6.07, 6.45) is 6.51. The van der Waals surface area contributed by atoms with Crippen LogP contribution < -0.4 is 0 Å². The van der Waals surface area contributed by atoms with Crippen molar-refractivity contribution in [1.82, 2.24) is 0 Å². The van der Waals surface area contributed by atoms with Crippen molar-refractivity contribution in [2.45, 2.75) is 78.9 Å². The predicted octanol–water partition coefficient (Wildman–Crippen LogP) is 8.38. The van der Waals surface area contributed by atoms with E-state index in [1.807, 2.05) is 11.8 Å². The van der Waals surface area contributed by atoms with Gasteiger partial charge in [-0.1, -0.05) is 78.0 Å². The summed E-state index contributed by atoms with van der Waals surface area (Å²) >= 11 is 1.95. The third-order valence-corrected chi connectivity index (χ3v) is 7.84. The second-order valence-corrected chi connectivity index (χ2v) is 10.5. The van der Waals surface area contributed by atoms with Crippen molar-refractivity contribution in [3.05, 3.63) is 58.5 Å². The van der Waals surface area contributed by atoms with Crippen LogP contribution in [0.25, 0.3) is 0 Å². The molecule has 3 unspecified atom stereocenters. The van der Waals surface area contributed by atoms with Gasteiger partial charge in [-0.15, -0.1) is 11.8 Å². The second-order valence-electron chi connectivity index (χ2n) is 9.27. The average Bonchev–Trinajstić information content (AvgIpc) is 2.83. The van der Waals surface area contributed by atoms with Gasteiger partial charge in [0.15, 0.2) is 0 Å². The van der Waals surface area contributed by atoms with Crippen molar-refractivity contribution < 1.29 is 0 Å². The Hall–Kier alpha value is -0.950. The first-order chi connectivity index (χ1) is 12.7. The number of thioether (sulfide) groups is 1. The summed E-state index contributed by atoms with van der Waals surface area (Å²) in [6.45, 7) is 22.8. The first kappa shape index (κ1) is 22.3. The van der Waals surface area contributed by atoms with Crippen LogP contribution in [0.4, 0.5) is 0 Å². The minimum absolute atomic E-state index is 0.312. The largest absolute Gasteiger partial charge is 0.118 e. The molecule has 1 aliphatic carbocycles. The van der Waals surface area contributed by atoms with E-state index >= 15 is 0 Å². The van der Waals surface area contributed by atoms with Crippen LogP contribution in [-0.2, 0) is 12.8 Å². The van der Waals surface area contributed by atoms with Gasteiger partial charge in [-0.2, -0.15) is 0 Å². The third-order valence-electron chi connectivity index (χ3n) is 6.35. The van der Waals surface area contributed by atoms with Gasteiger partial charge >= 0.3 is 0 Å². The molecule has 3 atom stereocenters. The molecule has 1 aromatic carbocycles. The fourth-order valence-electron chi connectivity index (χ4n) is 4.46. The number of fused-ring (bicyclic) bond motifs is 1. The molecule has 0 saturated heterocycles. The Morgan fingerprint density at radius 3 is 2.07 bits per heavy atom. The quantitative estimate of drug-likeness (QED) is 0.320. The molecule has 27 heavy (non-hydrogen) atoms. The fraction of sp³-hybridized carbons (Fsp3) is 0.615. The predicted molar refractivity (Wildman–Crippen MR) is 124 cm³/mol. The Morgan fingerprint density at radius 2 is 1.52 bits per heavy atom. The molecule has 0 N–H and O–H groups in total. The highest BCUT2D eigenvalue weighted by atomic mass is 32.2. The average molecular weight is 385 g/mol. The van der Waals surface area contributed by atoms with Crippen LogP contribution in [0.3, 0.4) is 0 Å². The summed E-state index contributed by atoms with van der Waals surface area (Å²) in [5.41, 5.74) is 5.77. The van der Waals surface area contributed by atoms with E-state index in [2.05, 4.69) is 72.9 Å². The lowest BCUT2D eigenvalue weighted by molar-refractivity contribution is 0.261. The SMILES string of the molecule is C=C(C)C(SC(=C)C(C(C)C)C(C)C(C)C)c1ccc2c(c1)CCCCC2. The van der Waals surface area contributed by atoms with E-state index in [0.29, 0.717) is 28.9 Å². The van der Waals surface area contributed by atoms with Gasteiger partial charge in [0.25, 0.3) is 0 Å². The summed E-state index contributed by atoms with van der Waals surface area (Å²) in [6, 6.07) is 7.20. The highest BCUT2D eigenvalue weighted by Gasteiger charge is 2.28. The van der Waals surface area contributed by atoms with Gasteiger partial charge < -0.3 is 0 Å². The number of hydrogen-bond donors (Lipinski definition) is 0. The van der Waals surface area contributed by atoms with Crippen molar-refractivity contribution in [1.29, 1.82) is 0 Å². The zero-order valence-corrected chi connectivity index (χ0v) is 19.3. The molecule has 0 spiro atoms. The molecule has 2 rings (SSSR count). The molecule has 0 saturated carbocycles. The lowest BCUT2D eigenvalue weighted by Crippen LogP contribution is -2.23. The topological polar surface area (TPSA) is 0 Å². The molecule has 0 aliphatic heterocycles. The highest BCUT2D eigenvalue weighted by molar-refractivity contribution is 8.03. The third kappa shape index (κ3) is 5.76. The van der Waals surface area contributed by atoms with Crippen molar-refractivity contribution in [2.24, 2.45) is 23.7 Å². The van der Waals surface area contributed by atoms with Crippen LogP contribution in [0, 0.1) is 23.7 Å². The van der Waals surface area contributed by atoms with Crippen LogP contribution in [0.15, 0.2) is 41.8 Å². The first-order valence-electron chi connectivity index (χ1n) is 10.8. The maximum absolute atomic E-state index is 4.55. The van der Waals surface area contributed by atoms with E-state index in [9.17, 15) is 0 Å². The molecule has 1 heteroatoms. The molecule has 0 radical (unpaired) electrons. The molecule has 0 fully saturated rings. The van der Waals surface area contributed by atoms with Gasteiger partial charge in [-0.05, 0) is 77.9 Å². The number of hydrogen-bond acceptors (Lipinski definition) is 1. The minimum Gasteiger partial charge on any atom is -0.118 e. The Labute approximate surface area is 172 Å². The van der Waals surface area contributed by atoms with Crippen LogP contribution in [0.2, 0.25) is 0 Å². The molecule has 1 aromatic rings. The number of rotatable bonds is 8. The Bertz CT molecular complexity index is 652. The maximum Gasteiger partial charge on any atom is 0.0545 e. The van der Waals surface area contributed by atoms with Gasteiger partial charge in [0.05, 0.1) is 5.25 Å². The fourth-order valence-corrected chi connectivity index (χ4v) is 5.89. The van der Waals surface area contributed by atoms with Gasteiger partial charge in [-0.25, -0.2) is 0 Å². The molecule has 0 amide bonds. The Morgan fingerprint density at radius 1 is 0.889 bits per heavy atom. The molecule has 0 heterocycles. The smallest absolute Gasteiger partial charge is 0.0545 e. The molecule has 0 nitrogen and oxygen atoms in total. The van der Waals surface area contributed by atoms with Crippen LogP contribution in [0.5, 0.6) is 0 Å². The lowest BCUT2D eigenvalue weighted by Gasteiger charge is -2.33. The number of aryl methyl sites for hydroxylation is 2. The summed E-state index contributed by atoms with van der Waals surface area (Å²) < 4.78 is 0. The first-order valence-corrected chi connectivity index (χ1v) is 11.7. The van der Waals surface area contributed by atoms with Gasteiger partial charge in [-0.3, -0.25) is 0 Å². The van der Waals surface area contributed by atoms with Crippen molar-refractivity contribution >= 4 is 11.8 Å². The van der Waals surface area contributed by atoms with Crippen LogP contribution in [0.1, 0.15) is 82.7 Å². The van der Waals surface area contributed by atoms with E-state index in [1.165, 1.54) is 48.1 Å². The monoisotopic (exact) mass is 384 g/mol. The van der Waals surface area contributed by atoms with E-state index in [1.54, 1.807) is 11.1 Å². The van der Waals surface area contributed by atoms with Crippen molar-refractivity contribution in [3.8, 4) is 0 Å². The zero-order chi connectivity index (χ0) is 20.1. The summed E-state index contributed by atoms with van der Waals surface area (Å²) in [7, 11) is 0. The summed E-state index contributed by atoms with van der Waals surface area (Å²) in [4.78, 5) is 1.33. The standard InChI is InChI=1S/C26H40S/c1-17(2)20(7)25(18(3)4)21(8)27-26(19(5)6)24-15-14-22-12-10-9-11-13-23(22)16-24/h14-18,20,25-26H,5,8-13H2,1-4,6-7H3. The maximum atomic E-state index is 4.55. The van der Waals surface area contributed by atoms with Gasteiger partial charge in [0.2, 0.25) is 0 Å². The molecule has 0 aromatic heterocycles. The molecular weight excluding hydrogens is 344 g/mol. The highest BCUT2D eigenvalue weighted by Crippen LogP contribution is 2.46. The zero-order valence-electron chi connectivity index (χ0n) is 18.5. The second kappa shape index (κ2) is 10.0. The Kier molecular flexibility index (Phi) is 8.28. The molecular formula is C26H40S. The molecule has 150 valence electrons. The van der Waals surface area contributed by atoms with Crippen LogP contribution >= 0.6 is 11.8 Å². The van der Waals surface area contributed by atoms with Crippen molar-refractivity contribution in [3.63, 3.8) is 0 Å². The van der Waals surface area contributed by atoms with Gasteiger partial charge in [0.1, 0.15) is 0 Å². The van der Waals surface area contributed by atoms with E-state index < -0.39 is 0 Å². The number of allylic oxidation sites excluding steroid dienone is 1. The van der Waals surface area contributed by atoms with E-state index in [0.717, 1.165) is 0 Å². The minimum atomic E-state index is 0.312. The van der Waals surface area contributed by atoms with E-state index in [4.69, 9.17) is 0 Å². The summed E-state index contributed by atoms with van der Waals surface area (Å²) in [5, 5.41) is 0.312.